The average Bonchev–Trinajstić information content (AvgIpc) is 2.42. The topological polar surface area (TPSA) is 52.4 Å². The van der Waals surface area contributed by atoms with Crippen LogP contribution in [0.25, 0.3) is 0 Å². The van der Waals surface area contributed by atoms with Gasteiger partial charge in [-0.1, -0.05) is 12.1 Å². The van der Waals surface area contributed by atoms with Gasteiger partial charge in [0.1, 0.15) is 5.75 Å². The summed E-state index contributed by atoms with van der Waals surface area (Å²) in [6.45, 7) is 3.60. The van der Waals surface area contributed by atoms with Gasteiger partial charge in [0.15, 0.2) is 0 Å². The first-order valence-corrected chi connectivity index (χ1v) is 7.53. The van der Waals surface area contributed by atoms with Crippen LogP contribution in [0.1, 0.15) is 16.7 Å². The highest BCUT2D eigenvalue weighted by atomic mass is 79.9. The second-order valence-corrected chi connectivity index (χ2v) is 5.81. The summed E-state index contributed by atoms with van der Waals surface area (Å²) in [6.07, 6.45) is 0. The van der Waals surface area contributed by atoms with Crippen molar-refractivity contribution in [2.45, 2.75) is 19.7 Å². The molecule has 0 N–H and O–H groups in total. The number of halogens is 2. The lowest BCUT2D eigenvalue weighted by molar-refractivity contribution is -0.385. The summed E-state index contributed by atoms with van der Waals surface area (Å²) in [4.78, 5) is 10.8. The molecule has 110 valence electrons. The third-order valence-corrected chi connectivity index (χ3v) is 3.89. The van der Waals surface area contributed by atoms with Crippen LogP contribution in [0.3, 0.4) is 0 Å². The number of ether oxygens (including phenoxy) is 1. The van der Waals surface area contributed by atoms with Crippen LogP contribution in [-0.2, 0) is 5.88 Å². The molecule has 6 heteroatoms. The summed E-state index contributed by atoms with van der Waals surface area (Å²) in [5, 5.41) is 11.2. The molecule has 0 spiro atoms. The van der Waals surface area contributed by atoms with Gasteiger partial charge in [-0.2, -0.15) is 0 Å². The van der Waals surface area contributed by atoms with Crippen LogP contribution in [0, 0.1) is 24.0 Å². The lowest BCUT2D eigenvalue weighted by Gasteiger charge is -2.12. The first kappa shape index (κ1) is 15.8. The minimum Gasteiger partial charge on any atom is -0.449 e. The van der Waals surface area contributed by atoms with Crippen LogP contribution in [0.15, 0.2) is 34.8 Å². The number of hydrogen-bond donors (Lipinski definition) is 0. The van der Waals surface area contributed by atoms with Crippen molar-refractivity contribution in [2.24, 2.45) is 0 Å². The fourth-order valence-corrected chi connectivity index (χ4v) is 2.69. The molecular formula is C15H13BrClNO3. The predicted molar refractivity (Wildman–Crippen MR) is 86.3 cm³/mol. The molecule has 2 aromatic rings. The van der Waals surface area contributed by atoms with Crippen molar-refractivity contribution < 1.29 is 9.66 Å². The monoisotopic (exact) mass is 369 g/mol. The number of benzene rings is 2. The van der Waals surface area contributed by atoms with Gasteiger partial charge in [0.05, 0.1) is 9.40 Å². The normalized spacial score (nSPS) is 10.5. The summed E-state index contributed by atoms with van der Waals surface area (Å²) >= 11 is 9.16. The zero-order valence-electron chi connectivity index (χ0n) is 11.5. The molecule has 0 unspecified atom stereocenters. The minimum atomic E-state index is -0.434. The van der Waals surface area contributed by atoms with Crippen LogP contribution >= 0.6 is 27.5 Å². The van der Waals surface area contributed by atoms with E-state index in [9.17, 15) is 10.1 Å². The van der Waals surface area contributed by atoms with Gasteiger partial charge in [0.25, 0.3) is 0 Å². The first-order valence-electron chi connectivity index (χ1n) is 6.20. The second-order valence-electron chi connectivity index (χ2n) is 4.69. The molecule has 0 saturated heterocycles. The van der Waals surface area contributed by atoms with E-state index in [-0.39, 0.29) is 11.4 Å². The number of aryl methyl sites for hydroxylation is 2. The number of alkyl halides is 1. The van der Waals surface area contributed by atoms with Crippen molar-refractivity contribution in [1.82, 2.24) is 0 Å². The van der Waals surface area contributed by atoms with E-state index >= 15 is 0 Å². The summed E-state index contributed by atoms with van der Waals surface area (Å²) in [6, 6.07) is 8.75. The summed E-state index contributed by atoms with van der Waals surface area (Å²) < 4.78 is 6.46. The summed E-state index contributed by atoms with van der Waals surface area (Å²) in [5.74, 6) is 1.16. The van der Waals surface area contributed by atoms with Crippen molar-refractivity contribution in [3.8, 4) is 11.5 Å². The number of hydrogen-bond acceptors (Lipinski definition) is 3. The molecule has 0 heterocycles. The molecule has 2 aromatic carbocycles. The van der Waals surface area contributed by atoms with E-state index in [1.807, 2.05) is 25.1 Å². The summed E-state index contributed by atoms with van der Waals surface area (Å²) in [5.41, 5.74) is 2.44. The summed E-state index contributed by atoms with van der Waals surface area (Å²) in [7, 11) is 0. The zero-order valence-corrected chi connectivity index (χ0v) is 13.9. The molecule has 0 aliphatic rings. The third kappa shape index (κ3) is 3.54. The standard InChI is InChI=1S/C15H13BrClNO3/c1-9-5-10(2)15(13(6-9)18(19)20)21-14-4-3-11(8-17)7-12(14)16/h3-7H,8H2,1-2H3. The van der Waals surface area contributed by atoms with Crippen LogP contribution in [0.4, 0.5) is 5.69 Å². The van der Waals surface area contributed by atoms with E-state index in [1.54, 1.807) is 13.0 Å². The fourth-order valence-electron chi connectivity index (χ4n) is 2.02. The Morgan fingerprint density at radius 1 is 1.29 bits per heavy atom. The van der Waals surface area contributed by atoms with E-state index in [1.165, 1.54) is 6.07 Å². The fraction of sp³-hybridized carbons (Fsp3) is 0.200. The quantitative estimate of drug-likeness (QED) is 0.405. The lowest BCUT2D eigenvalue weighted by atomic mass is 10.1. The maximum atomic E-state index is 11.2. The molecule has 0 bridgehead atoms. The van der Waals surface area contributed by atoms with Crippen molar-refractivity contribution in [2.75, 3.05) is 0 Å². The smallest absolute Gasteiger partial charge is 0.312 e. The number of nitro groups is 1. The highest BCUT2D eigenvalue weighted by molar-refractivity contribution is 9.10. The zero-order chi connectivity index (χ0) is 15.6. The first-order chi connectivity index (χ1) is 9.92. The van der Waals surface area contributed by atoms with Gasteiger partial charge in [0.2, 0.25) is 5.75 Å². The van der Waals surface area contributed by atoms with Gasteiger partial charge in [0, 0.05) is 11.9 Å². The molecule has 0 atom stereocenters. The molecule has 0 aliphatic carbocycles. The van der Waals surface area contributed by atoms with Crippen LogP contribution < -0.4 is 4.74 Å². The highest BCUT2D eigenvalue weighted by Gasteiger charge is 2.20. The average molecular weight is 371 g/mol. The Bertz CT molecular complexity index is 704. The predicted octanol–water partition coefficient (Wildman–Crippen LogP) is 5.51. The second kappa shape index (κ2) is 6.45. The Balaban J connectivity index is 2.46. The number of nitro benzene ring substituents is 1. The Morgan fingerprint density at radius 3 is 2.57 bits per heavy atom. The van der Waals surface area contributed by atoms with Gasteiger partial charge in [-0.3, -0.25) is 10.1 Å². The minimum absolute atomic E-state index is 0.0409. The largest absolute Gasteiger partial charge is 0.449 e. The number of rotatable bonds is 4. The SMILES string of the molecule is Cc1cc(C)c(Oc2ccc(CCl)cc2Br)c([N+](=O)[O-])c1. The molecule has 0 saturated carbocycles. The van der Waals surface area contributed by atoms with Crippen LogP contribution in [0.2, 0.25) is 0 Å². The Kier molecular flexibility index (Phi) is 4.85. The van der Waals surface area contributed by atoms with Crippen LogP contribution in [0.5, 0.6) is 11.5 Å². The van der Waals surface area contributed by atoms with E-state index in [0.717, 1.165) is 16.7 Å². The van der Waals surface area contributed by atoms with Crippen molar-refractivity contribution in [1.29, 1.82) is 0 Å². The van der Waals surface area contributed by atoms with Crippen LogP contribution in [-0.4, -0.2) is 4.92 Å². The Morgan fingerprint density at radius 2 is 2.00 bits per heavy atom. The van der Waals surface area contributed by atoms with E-state index in [4.69, 9.17) is 16.3 Å². The Labute approximate surface area is 136 Å². The van der Waals surface area contributed by atoms with E-state index in [0.29, 0.717) is 16.1 Å². The molecular weight excluding hydrogens is 358 g/mol. The van der Waals surface area contributed by atoms with Gasteiger partial charge in [-0.25, -0.2) is 0 Å². The lowest BCUT2D eigenvalue weighted by Crippen LogP contribution is -1.97. The Hall–Kier alpha value is -1.59. The number of nitrogens with zero attached hydrogens (tertiary/aromatic N) is 1. The third-order valence-electron chi connectivity index (χ3n) is 2.96. The van der Waals surface area contributed by atoms with E-state index in [2.05, 4.69) is 15.9 Å². The van der Waals surface area contributed by atoms with Crippen molar-refractivity contribution >= 4 is 33.2 Å². The van der Waals surface area contributed by atoms with Gasteiger partial charge in [-0.15, -0.1) is 11.6 Å². The molecule has 4 nitrogen and oxygen atoms in total. The van der Waals surface area contributed by atoms with Gasteiger partial charge in [-0.05, 0) is 58.6 Å². The van der Waals surface area contributed by atoms with Gasteiger partial charge < -0.3 is 4.74 Å². The van der Waals surface area contributed by atoms with Gasteiger partial charge >= 0.3 is 5.69 Å². The van der Waals surface area contributed by atoms with Crippen molar-refractivity contribution in [3.05, 3.63) is 61.6 Å². The molecule has 0 radical (unpaired) electrons. The maximum Gasteiger partial charge on any atom is 0.312 e. The molecule has 0 fully saturated rings. The molecule has 2 rings (SSSR count). The molecule has 0 amide bonds. The molecule has 0 aliphatic heterocycles. The highest BCUT2D eigenvalue weighted by Crippen LogP contribution is 2.38. The van der Waals surface area contributed by atoms with E-state index < -0.39 is 4.92 Å². The van der Waals surface area contributed by atoms with Crippen molar-refractivity contribution in [3.63, 3.8) is 0 Å². The molecule has 21 heavy (non-hydrogen) atoms. The maximum absolute atomic E-state index is 11.2. The molecule has 0 aromatic heterocycles.